The Hall–Kier alpha value is -3.14. The molecule has 5 rings (SSSR count). The van der Waals surface area contributed by atoms with E-state index in [0.29, 0.717) is 45.5 Å². The van der Waals surface area contributed by atoms with E-state index < -0.39 is 5.82 Å². The molecule has 0 unspecified atom stereocenters. The number of nitrogens with one attached hydrogen (secondary N) is 3. The predicted molar refractivity (Wildman–Crippen MR) is 132 cm³/mol. The van der Waals surface area contributed by atoms with Gasteiger partial charge >= 0.3 is 0 Å². The van der Waals surface area contributed by atoms with Gasteiger partial charge in [0.1, 0.15) is 0 Å². The van der Waals surface area contributed by atoms with Crippen LogP contribution >= 0.6 is 11.6 Å². The van der Waals surface area contributed by atoms with E-state index in [0.717, 1.165) is 51.2 Å². The van der Waals surface area contributed by atoms with Crippen LogP contribution in [0, 0.1) is 5.82 Å². The van der Waals surface area contributed by atoms with E-state index in [1.165, 1.54) is 13.3 Å². The summed E-state index contributed by atoms with van der Waals surface area (Å²) >= 11 is 6.33. The second kappa shape index (κ2) is 10.2. The number of aromatic nitrogens is 2. The van der Waals surface area contributed by atoms with Crippen molar-refractivity contribution in [3.8, 4) is 17.0 Å². The Kier molecular flexibility index (Phi) is 6.90. The maximum absolute atomic E-state index is 14.9. The SMILES string of the molecule is COc1c(Cl)cccc1Nc1c(-c2ccncc2F)[nH]c2c1C(=O)NC[C@H]2CCN1CCOCC1. The highest BCUT2D eigenvalue weighted by Gasteiger charge is 2.34. The van der Waals surface area contributed by atoms with Crippen molar-refractivity contribution >= 4 is 28.9 Å². The Morgan fingerprint density at radius 2 is 2.14 bits per heavy atom. The average Bonchev–Trinajstić information content (AvgIpc) is 3.24. The largest absolute Gasteiger partial charge is 0.493 e. The number of methoxy groups -OCH3 is 1. The van der Waals surface area contributed by atoms with Crippen molar-refractivity contribution in [2.75, 3.05) is 51.8 Å². The zero-order valence-electron chi connectivity index (χ0n) is 19.4. The Balaban J connectivity index is 1.57. The molecule has 0 radical (unpaired) electrons. The third-order valence-electron chi connectivity index (χ3n) is 6.54. The molecule has 0 bridgehead atoms. The number of nitrogens with zero attached hydrogens (tertiary/aromatic N) is 2. The Bertz CT molecular complexity index is 1230. The normalized spacial score (nSPS) is 18.1. The Morgan fingerprint density at radius 1 is 1.31 bits per heavy atom. The number of para-hydroxylation sites is 1. The van der Waals surface area contributed by atoms with Gasteiger partial charge < -0.3 is 25.1 Å². The number of aromatic amines is 1. The maximum Gasteiger partial charge on any atom is 0.255 e. The summed E-state index contributed by atoms with van der Waals surface area (Å²) in [4.78, 5) is 22.8. The first-order valence-corrected chi connectivity index (χ1v) is 12.0. The van der Waals surface area contributed by atoms with Crippen LogP contribution in [0.5, 0.6) is 5.75 Å². The number of hydrogen-bond acceptors (Lipinski definition) is 6. The molecule has 8 nitrogen and oxygen atoms in total. The molecular formula is C25H27ClFN5O3. The molecule has 4 heterocycles. The number of H-pyrrole nitrogens is 1. The molecule has 10 heteroatoms. The lowest BCUT2D eigenvalue weighted by Gasteiger charge is -2.29. The predicted octanol–water partition coefficient (Wildman–Crippen LogP) is 4.17. The van der Waals surface area contributed by atoms with Crippen molar-refractivity contribution in [2.45, 2.75) is 12.3 Å². The third kappa shape index (κ3) is 4.71. The number of carbonyl (C=O) groups is 1. The van der Waals surface area contributed by atoms with Crippen LogP contribution in [0.3, 0.4) is 0 Å². The van der Waals surface area contributed by atoms with E-state index in [2.05, 4.69) is 25.5 Å². The van der Waals surface area contributed by atoms with E-state index >= 15 is 0 Å². The molecule has 1 aromatic carbocycles. The van der Waals surface area contributed by atoms with Gasteiger partial charge in [0.25, 0.3) is 5.91 Å². The summed E-state index contributed by atoms with van der Waals surface area (Å²) in [5.41, 5.74) is 3.09. The fourth-order valence-electron chi connectivity index (χ4n) is 4.73. The number of anilines is 2. The number of carbonyl (C=O) groups excluding carboxylic acids is 1. The number of amides is 1. The molecule has 1 amide bonds. The van der Waals surface area contributed by atoms with Gasteiger partial charge in [-0.3, -0.25) is 14.7 Å². The van der Waals surface area contributed by atoms with Gasteiger partial charge in [-0.1, -0.05) is 17.7 Å². The summed E-state index contributed by atoms with van der Waals surface area (Å²) in [6.07, 6.45) is 3.53. The highest BCUT2D eigenvalue weighted by atomic mass is 35.5. The summed E-state index contributed by atoms with van der Waals surface area (Å²) in [5.74, 6) is -0.225. The maximum atomic E-state index is 14.9. The van der Waals surface area contributed by atoms with Crippen molar-refractivity contribution in [3.63, 3.8) is 0 Å². The van der Waals surface area contributed by atoms with Crippen LogP contribution in [-0.4, -0.2) is 67.3 Å². The lowest BCUT2D eigenvalue weighted by Crippen LogP contribution is -2.40. The minimum Gasteiger partial charge on any atom is -0.493 e. The number of morpholine rings is 1. The molecule has 184 valence electrons. The highest BCUT2D eigenvalue weighted by Crippen LogP contribution is 2.43. The number of halogens is 2. The molecule has 3 aromatic rings. The van der Waals surface area contributed by atoms with Crippen LogP contribution in [0.15, 0.2) is 36.7 Å². The van der Waals surface area contributed by atoms with Gasteiger partial charge in [0, 0.05) is 43.0 Å². The van der Waals surface area contributed by atoms with Crippen LogP contribution in [0.1, 0.15) is 28.4 Å². The van der Waals surface area contributed by atoms with E-state index in [1.807, 2.05) is 0 Å². The fourth-order valence-corrected chi connectivity index (χ4v) is 4.98. The summed E-state index contributed by atoms with van der Waals surface area (Å²) in [6.45, 7) is 4.64. The van der Waals surface area contributed by atoms with Crippen molar-refractivity contribution in [2.24, 2.45) is 0 Å². The molecule has 35 heavy (non-hydrogen) atoms. The minimum absolute atomic E-state index is 0.0472. The van der Waals surface area contributed by atoms with Crippen LogP contribution < -0.4 is 15.4 Å². The van der Waals surface area contributed by atoms with E-state index in [1.54, 1.807) is 24.3 Å². The topological polar surface area (TPSA) is 91.5 Å². The fraction of sp³-hybridized carbons (Fsp3) is 0.360. The number of fused-ring (bicyclic) bond motifs is 1. The number of pyridine rings is 1. The molecule has 0 aliphatic carbocycles. The smallest absolute Gasteiger partial charge is 0.255 e. The number of rotatable bonds is 7. The first-order chi connectivity index (χ1) is 17.1. The van der Waals surface area contributed by atoms with Gasteiger partial charge in [0.05, 0.1) is 54.2 Å². The van der Waals surface area contributed by atoms with Crippen molar-refractivity contribution in [1.82, 2.24) is 20.2 Å². The molecule has 1 atom stereocenters. The Labute approximate surface area is 207 Å². The zero-order valence-corrected chi connectivity index (χ0v) is 20.1. The number of ether oxygens (including phenoxy) is 2. The standard InChI is InChI=1S/C25H27ClFN5O3/c1-34-24-17(26)3-2-4-19(24)30-23-20-21(31-22(23)16-5-7-28-14-18(16)27)15(13-29-25(20)33)6-8-32-9-11-35-12-10-32/h2-5,7,14-15,30-31H,6,8-13H2,1H3,(H,29,33)/t15-/m1/s1. The Morgan fingerprint density at radius 3 is 2.91 bits per heavy atom. The molecule has 2 aromatic heterocycles. The van der Waals surface area contributed by atoms with Crippen molar-refractivity contribution in [3.05, 3.63) is 58.8 Å². The molecule has 1 saturated heterocycles. The highest BCUT2D eigenvalue weighted by molar-refractivity contribution is 6.32. The monoisotopic (exact) mass is 499 g/mol. The molecular weight excluding hydrogens is 473 g/mol. The summed E-state index contributed by atoms with van der Waals surface area (Å²) in [6, 6.07) is 6.89. The minimum atomic E-state index is -0.488. The molecule has 0 spiro atoms. The first-order valence-electron chi connectivity index (χ1n) is 11.6. The van der Waals surface area contributed by atoms with Crippen molar-refractivity contribution < 1.29 is 18.7 Å². The second-order valence-electron chi connectivity index (χ2n) is 8.61. The lowest BCUT2D eigenvalue weighted by molar-refractivity contribution is 0.0364. The van der Waals surface area contributed by atoms with Gasteiger partial charge in [0.2, 0.25) is 0 Å². The zero-order chi connectivity index (χ0) is 24.4. The molecule has 2 aliphatic heterocycles. The second-order valence-corrected chi connectivity index (χ2v) is 9.02. The van der Waals surface area contributed by atoms with Crippen molar-refractivity contribution in [1.29, 1.82) is 0 Å². The van der Waals surface area contributed by atoms with Gasteiger partial charge in [-0.05, 0) is 31.2 Å². The summed E-state index contributed by atoms with van der Waals surface area (Å²) in [5, 5.41) is 6.75. The first kappa shape index (κ1) is 23.6. The van der Waals surface area contributed by atoms with E-state index in [-0.39, 0.29) is 11.8 Å². The van der Waals surface area contributed by atoms with Crippen LogP contribution in [0.2, 0.25) is 5.02 Å². The van der Waals surface area contributed by atoms with Gasteiger partial charge in [0.15, 0.2) is 11.6 Å². The molecule has 1 fully saturated rings. The van der Waals surface area contributed by atoms with Gasteiger partial charge in [-0.15, -0.1) is 0 Å². The van der Waals surface area contributed by atoms with Gasteiger partial charge in [-0.2, -0.15) is 0 Å². The summed E-state index contributed by atoms with van der Waals surface area (Å²) < 4.78 is 25.8. The van der Waals surface area contributed by atoms with Gasteiger partial charge in [-0.25, -0.2) is 4.39 Å². The molecule has 3 N–H and O–H groups in total. The number of hydrogen-bond donors (Lipinski definition) is 3. The quantitative estimate of drug-likeness (QED) is 0.452. The van der Waals surface area contributed by atoms with E-state index in [4.69, 9.17) is 21.1 Å². The lowest BCUT2D eigenvalue weighted by atomic mass is 9.93. The third-order valence-corrected chi connectivity index (χ3v) is 6.84. The average molecular weight is 500 g/mol. The molecule has 0 saturated carbocycles. The van der Waals surface area contributed by atoms with Crippen LogP contribution in [-0.2, 0) is 4.74 Å². The van der Waals surface area contributed by atoms with Crippen LogP contribution in [0.25, 0.3) is 11.3 Å². The van der Waals surface area contributed by atoms with E-state index in [9.17, 15) is 9.18 Å². The molecule has 2 aliphatic rings. The summed E-state index contributed by atoms with van der Waals surface area (Å²) in [7, 11) is 1.52. The van der Waals surface area contributed by atoms with Crippen LogP contribution in [0.4, 0.5) is 15.8 Å². The number of benzene rings is 1.